The van der Waals surface area contributed by atoms with Gasteiger partial charge < -0.3 is 5.32 Å². The fourth-order valence-electron chi connectivity index (χ4n) is 1.88. The van der Waals surface area contributed by atoms with Crippen LogP contribution in [0.15, 0.2) is 36.5 Å². The molecule has 0 aliphatic heterocycles. The molecule has 0 atom stereocenters. The van der Waals surface area contributed by atoms with Gasteiger partial charge >= 0.3 is 0 Å². The van der Waals surface area contributed by atoms with Crippen LogP contribution in [0, 0.1) is 0 Å². The highest BCUT2D eigenvalue weighted by molar-refractivity contribution is 5.81. The molecule has 0 spiro atoms. The van der Waals surface area contributed by atoms with Crippen LogP contribution in [-0.4, -0.2) is 25.6 Å². The summed E-state index contributed by atoms with van der Waals surface area (Å²) in [5.74, 6) is 0.656. The van der Waals surface area contributed by atoms with Crippen LogP contribution >= 0.6 is 0 Å². The lowest BCUT2D eigenvalue weighted by Crippen LogP contribution is -2.14. The first kappa shape index (κ1) is 10.8. The average Bonchev–Trinajstić information content (AvgIpc) is 2.92. The number of rotatable bonds is 4. The van der Waals surface area contributed by atoms with E-state index >= 15 is 0 Å². The SMILES string of the molecule is c1cnc2c(CNCc3nn[nH]n3)cccc2c1. The molecule has 0 radical (unpaired) electrons. The Morgan fingerprint density at radius 2 is 2.06 bits per heavy atom. The predicted octanol–water partition coefficient (Wildman–Crippen LogP) is 1.04. The number of benzene rings is 1. The summed E-state index contributed by atoms with van der Waals surface area (Å²) in [6.07, 6.45) is 1.81. The summed E-state index contributed by atoms with van der Waals surface area (Å²) in [5.41, 5.74) is 2.19. The van der Waals surface area contributed by atoms with Crippen molar-refractivity contribution in [1.82, 2.24) is 30.9 Å². The summed E-state index contributed by atoms with van der Waals surface area (Å²) in [5, 5.41) is 18.1. The number of para-hydroxylation sites is 1. The van der Waals surface area contributed by atoms with Crippen molar-refractivity contribution in [3.8, 4) is 0 Å². The van der Waals surface area contributed by atoms with Crippen LogP contribution in [0.25, 0.3) is 10.9 Å². The van der Waals surface area contributed by atoms with Crippen LogP contribution in [0.3, 0.4) is 0 Å². The molecule has 90 valence electrons. The Labute approximate surface area is 103 Å². The van der Waals surface area contributed by atoms with Crippen molar-refractivity contribution in [1.29, 1.82) is 0 Å². The maximum absolute atomic E-state index is 4.41. The molecule has 0 saturated heterocycles. The molecule has 0 aliphatic carbocycles. The number of aromatic nitrogens is 5. The molecule has 3 rings (SSSR count). The zero-order valence-electron chi connectivity index (χ0n) is 9.67. The predicted molar refractivity (Wildman–Crippen MR) is 66.5 cm³/mol. The number of hydrogen-bond donors (Lipinski definition) is 2. The number of hydrogen-bond acceptors (Lipinski definition) is 5. The van der Waals surface area contributed by atoms with Gasteiger partial charge in [-0.05, 0) is 11.6 Å². The average molecular weight is 240 g/mol. The minimum atomic E-state index is 0.583. The van der Waals surface area contributed by atoms with Crippen molar-refractivity contribution in [3.05, 3.63) is 47.9 Å². The highest BCUT2D eigenvalue weighted by atomic mass is 15.5. The number of pyridine rings is 1. The van der Waals surface area contributed by atoms with E-state index in [-0.39, 0.29) is 0 Å². The smallest absolute Gasteiger partial charge is 0.188 e. The lowest BCUT2D eigenvalue weighted by molar-refractivity contribution is 0.665. The number of aromatic amines is 1. The zero-order chi connectivity index (χ0) is 12.2. The van der Waals surface area contributed by atoms with E-state index in [1.54, 1.807) is 0 Å². The Kier molecular flexibility index (Phi) is 2.93. The largest absolute Gasteiger partial charge is 0.306 e. The van der Waals surface area contributed by atoms with Gasteiger partial charge in [0, 0.05) is 18.1 Å². The third-order valence-electron chi connectivity index (χ3n) is 2.70. The normalized spacial score (nSPS) is 10.9. The molecule has 3 aromatic rings. The zero-order valence-corrected chi connectivity index (χ0v) is 9.67. The van der Waals surface area contributed by atoms with E-state index in [0.29, 0.717) is 12.4 Å². The van der Waals surface area contributed by atoms with E-state index in [0.717, 1.165) is 23.0 Å². The Balaban J connectivity index is 1.74. The van der Waals surface area contributed by atoms with Gasteiger partial charge in [-0.15, -0.1) is 10.2 Å². The monoisotopic (exact) mass is 240 g/mol. The van der Waals surface area contributed by atoms with Crippen molar-refractivity contribution in [3.63, 3.8) is 0 Å². The molecule has 2 aromatic heterocycles. The topological polar surface area (TPSA) is 79.4 Å². The number of nitrogens with one attached hydrogen (secondary N) is 2. The minimum Gasteiger partial charge on any atom is -0.306 e. The minimum absolute atomic E-state index is 0.583. The molecule has 1 aromatic carbocycles. The van der Waals surface area contributed by atoms with E-state index in [1.165, 1.54) is 0 Å². The molecule has 0 amide bonds. The van der Waals surface area contributed by atoms with Crippen LogP contribution in [-0.2, 0) is 13.1 Å². The molecule has 0 saturated carbocycles. The van der Waals surface area contributed by atoms with E-state index in [1.807, 2.05) is 18.3 Å². The maximum Gasteiger partial charge on any atom is 0.188 e. The third kappa shape index (κ3) is 2.18. The summed E-state index contributed by atoms with van der Waals surface area (Å²) < 4.78 is 0. The first-order valence-corrected chi connectivity index (χ1v) is 5.69. The van der Waals surface area contributed by atoms with Gasteiger partial charge in [0.15, 0.2) is 5.82 Å². The quantitative estimate of drug-likeness (QED) is 0.712. The standard InChI is InChI=1S/C12H12N6/c1-3-9-5-2-6-14-12(9)10(4-1)7-13-8-11-15-17-18-16-11/h1-6,13H,7-8H2,(H,15,16,17,18). The molecule has 2 N–H and O–H groups in total. The number of tetrazole rings is 1. The lowest BCUT2D eigenvalue weighted by Gasteiger charge is -2.05. The Hall–Kier alpha value is -2.34. The molecule has 6 heteroatoms. The second-order valence-electron chi connectivity index (χ2n) is 3.92. The molecule has 0 bridgehead atoms. The van der Waals surface area contributed by atoms with Crippen molar-refractivity contribution in [2.75, 3.05) is 0 Å². The van der Waals surface area contributed by atoms with E-state index in [4.69, 9.17) is 0 Å². The van der Waals surface area contributed by atoms with Gasteiger partial charge in [-0.1, -0.05) is 29.5 Å². The van der Waals surface area contributed by atoms with Gasteiger partial charge in [-0.2, -0.15) is 5.21 Å². The summed E-state index contributed by atoms with van der Waals surface area (Å²) in [4.78, 5) is 4.41. The van der Waals surface area contributed by atoms with Crippen LogP contribution < -0.4 is 5.32 Å². The first-order chi connectivity index (χ1) is 8.93. The summed E-state index contributed by atoms with van der Waals surface area (Å²) in [7, 11) is 0. The van der Waals surface area contributed by atoms with E-state index in [2.05, 4.69) is 49.1 Å². The fraction of sp³-hybridized carbons (Fsp3) is 0.167. The van der Waals surface area contributed by atoms with Crippen molar-refractivity contribution < 1.29 is 0 Å². The molecular weight excluding hydrogens is 228 g/mol. The number of nitrogens with zero attached hydrogens (tertiary/aromatic N) is 4. The van der Waals surface area contributed by atoms with Crippen molar-refractivity contribution in [2.24, 2.45) is 0 Å². The summed E-state index contributed by atoms with van der Waals surface area (Å²) >= 11 is 0. The molecule has 6 nitrogen and oxygen atoms in total. The first-order valence-electron chi connectivity index (χ1n) is 5.69. The molecular formula is C12H12N6. The lowest BCUT2D eigenvalue weighted by atomic mass is 10.1. The molecule has 0 aliphatic rings. The second kappa shape index (κ2) is 4.89. The summed E-state index contributed by atoms with van der Waals surface area (Å²) in [6.45, 7) is 1.31. The highest BCUT2D eigenvalue weighted by Crippen LogP contribution is 2.15. The number of fused-ring (bicyclic) bond motifs is 1. The molecule has 18 heavy (non-hydrogen) atoms. The van der Waals surface area contributed by atoms with Gasteiger partial charge in [0.05, 0.1) is 12.1 Å². The van der Waals surface area contributed by atoms with Gasteiger partial charge in [-0.3, -0.25) is 4.98 Å². The summed E-state index contributed by atoms with van der Waals surface area (Å²) in [6, 6.07) is 10.2. The van der Waals surface area contributed by atoms with Gasteiger partial charge in [-0.25, -0.2) is 0 Å². The Morgan fingerprint density at radius 3 is 2.94 bits per heavy atom. The molecule has 0 unspecified atom stereocenters. The third-order valence-corrected chi connectivity index (χ3v) is 2.70. The molecule has 0 fully saturated rings. The van der Waals surface area contributed by atoms with E-state index in [9.17, 15) is 0 Å². The van der Waals surface area contributed by atoms with Gasteiger partial charge in [0.2, 0.25) is 0 Å². The Bertz CT molecular complexity index is 629. The van der Waals surface area contributed by atoms with Crippen LogP contribution in [0.1, 0.15) is 11.4 Å². The van der Waals surface area contributed by atoms with Crippen molar-refractivity contribution in [2.45, 2.75) is 13.1 Å². The van der Waals surface area contributed by atoms with E-state index < -0.39 is 0 Å². The van der Waals surface area contributed by atoms with Crippen LogP contribution in [0.2, 0.25) is 0 Å². The Morgan fingerprint density at radius 1 is 1.11 bits per heavy atom. The second-order valence-corrected chi connectivity index (χ2v) is 3.92. The van der Waals surface area contributed by atoms with Gasteiger partial charge in [0.1, 0.15) is 0 Å². The van der Waals surface area contributed by atoms with Crippen LogP contribution in [0.4, 0.5) is 0 Å². The van der Waals surface area contributed by atoms with Crippen LogP contribution in [0.5, 0.6) is 0 Å². The number of H-pyrrole nitrogens is 1. The fourth-order valence-corrected chi connectivity index (χ4v) is 1.88. The highest BCUT2D eigenvalue weighted by Gasteiger charge is 2.02. The van der Waals surface area contributed by atoms with Gasteiger partial charge in [0.25, 0.3) is 0 Å². The molecule has 2 heterocycles. The maximum atomic E-state index is 4.41. The van der Waals surface area contributed by atoms with Crippen molar-refractivity contribution >= 4 is 10.9 Å².